The zero-order valence-electron chi connectivity index (χ0n) is 25.4. The number of fused-ring (bicyclic) bond motifs is 3. The van der Waals surface area contributed by atoms with E-state index in [1.165, 1.54) is 21.3 Å². The van der Waals surface area contributed by atoms with E-state index in [1.807, 2.05) is 6.07 Å². The molecule has 9 atom stereocenters. The van der Waals surface area contributed by atoms with Crippen LogP contribution in [0.5, 0.6) is 28.7 Å². The molecule has 1 aliphatic carbocycles. The van der Waals surface area contributed by atoms with Gasteiger partial charge in [0, 0.05) is 11.8 Å². The molecule has 4 aliphatic rings. The van der Waals surface area contributed by atoms with Gasteiger partial charge in [-0.3, -0.25) is 9.59 Å². The summed E-state index contributed by atoms with van der Waals surface area (Å²) >= 11 is 0. The number of alkyl halides is 2. The first-order valence-corrected chi connectivity index (χ1v) is 14.4. The van der Waals surface area contributed by atoms with Gasteiger partial charge in [-0.05, 0) is 41.0 Å². The van der Waals surface area contributed by atoms with Crippen LogP contribution in [0, 0.1) is 11.8 Å². The van der Waals surface area contributed by atoms with Crippen LogP contribution >= 0.6 is 0 Å². The van der Waals surface area contributed by atoms with Gasteiger partial charge < -0.3 is 64.0 Å². The number of esters is 1. The van der Waals surface area contributed by atoms with Crippen LogP contribution in [0.1, 0.15) is 28.7 Å². The number of methoxy groups -OCH3 is 3. The molecule has 3 heterocycles. The number of carbonyl (C=O) groups is 2. The molecule has 2 aromatic rings. The lowest BCUT2D eigenvalue weighted by Crippen LogP contribution is -2.63. The van der Waals surface area contributed by atoms with E-state index < -0.39 is 79.4 Å². The summed E-state index contributed by atoms with van der Waals surface area (Å²) in [5, 5.41) is 46.9. The summed E-state index contributed by atoms with van der Waals surface area (Å²) in [6.07, 6.45) is -7.27. The second kappa shape index (κ2) is 13.6. The van der Waals surface area contributed by atoms with E-state index in [1.54, 1.807) is 18.2 Å². The van der Waals surface area contributed by atoms with Crippen molar-refractivity contribution < 1.29 is 77.1 Å². The summed E-state index contributed by atoms with van der Waals surface area (Å²) in [7, 11) is 4.55. The molecule has 258 valence electrons. The number of carbonyl (C=O) groups excluding carboxylic acids is 2. The second-order valence-electron chi connectivity index (χ2n) is 11.1. The lowest BCUT2D eigenvalue weighted by atomic mass is 9.65. The molecular formula is C30H35F2NO14. The maximum atomic E-state index is 13.1. The zero-order valence-corrected chi connectivity index (χ0v) is 25.4. The molecule has 0 unspecified atom stereocenters. The summed E-state index contributed by atoms with van der Waals surface area (Å²) in [5.74, 6) is -0.345. The van der Waals surface area contributed by atoms with Crippen molar-refractivity contribution in [1.29, 1.82) is 0 Å². The number of aliphatic hydroxyl groups is 5. The van der Waals surface area contributed by atoms with Crippen LogP contribution in [0.3, 0.4) is 0 Å². The Morgan fingerprint density at radius 3 is 2.15 bits per heavy atom. The number of hydrogen-bond acceptors (Lipinski definition) is 14. The minimum absolute atomic E-state index is 0.0590. The van der Waals surface area contributed by atoms with E-state index in [-0.39, 0.29) is 13.4 Å². The molecule has 2 fully saturated rings. The van der Waals surface area contributed by atoms with Crippen molar-refractivity contribution in [1.82, 2.24) is 5.32 Å². The number of rotatable bonds is 7. The Kier molecular flexibility index (Phi) is 9.95. The van der Waals surface area contributed by atoms with Gasteiger partial charge in [-0.15, -0.1) is 0 Å². The van der Waals surface area contributed by atoms with Gasteiger partial charge in [0.1, 0.15) is 18.3 Å². The Hall–Kier alpha value is -4.00. The van der Waals surface area contributed by atoms with Gasteiger partial charge in [0.05, 0.1) is 46.5 Å². The fourth-order valence-electron chi connectivity index (χ4n) is 6.35. The lowest BCUT2D eigenvalue weighted by Gasteiger charge is -2.40. The first kappa shape index (κ1) is 34.3. The molecule has 0 saturated carbocycles. The van der Waals surface area contributed by atoms with E-state index in [2.05, 4.69) is 10.1 Å². The fourth-order valence-corrected chi connectivity index (χ4v) is 6.35. The Labute approximate surface area is 266 Å². The van der Waals surface area contributed by atoms with Crippen molar-refractivity contribution in [3.05, 3.63) is 41.0 Å². The topological polar surface area (TPSA) is 212 Å². The molecule has 47 heavy (non-hydrogen) atoms. The van der Waals surface area contributed by atoms with E-state index in [0.717, 1.165) is 11.1 Å². The molecule has 15 nitrogen and oxygen atoms in total. The summed E-state index contributed by atoms with van der Waals surface area (Å²) in [6.45, 7) is -1.80. The van der Waals surface area contributed by atoms with Crippen LogP contribution in [-0.4, -0.2) is 116 Å². The first-order chi connectivity index (χ1) is 22.4. The molecule has 3 aliphatic heterocycles. The standard InChI is InChI=1S/C24H24FNO8.C6H11FO6/c1-29-17-4-11(5-18(30-2)23(17)31-3)20-12-6-15-16(34-10-33-15)7-13(12)22(26-19(27)8-25)14-9-32-24(28)21(14)20;7-6(12)5(11)4(10)3(9)2(1-8)13-6/h4-7,14,20-22H,8-10H2,1-3H3,(H,26,27);2-5,8-12H,1H2/t14-,20+,21-,22+;2-,3+,4+,5-,6-/m01/s1. The molecule has 0 radical (unpaired) electrons. The maximum Gasteiger partial charge on any atom is 0.347 e. The third-order valence-electron chi connectivity index (χ3n) is 8.59. The van der Waals surface area contributed by atoms with Crippen LogP contribution in [0.4, 0.5) is 8.78 Å². The average Bonchev–Trinajstić information content (AvgIpc) is 3.70. The van der Waals surface area contributed by atoms with Gasteiger partial charge in [-0.1, -0.05) is 0 Å². The highest BCUT2D eigenvalue weighted by molar-refractivity contribution is 5.81. The Morgan fingerprint density at radius 2 is 1.60 bits per heavy atom. The minimum atomic E-state index is -3.45. The molecule has 17 heteroatoms. The summed E-state index contributed by atoms with van der Waals surface area (Å²) < 4.78 is 63.2. The van der Waals surface area contributed by atoms with Gasteiger partial charge in [0.25, 0.3) is 5.91 Å². The predicted octanol–water partition coefficient (Wildman–Crippen LogP) is -0.422. The van der Waals surface area contributed by atoms with E-state index in [9.17, 15) is 18.4 Å². The quantitative estimate of drug-likeness (QED) is 0.207. The number of benzene rings is 2. The molecule has 2 saturated heterocycles. The molecule has 6 N–H and O–H groups in total. The average molecular weight is 672 g/mol. The van der Waals surface area contributed by atoms with Crippen molar-refractivity contribution in [2.24, 2.45) is 11.8 Å². The molecule has 6 rings (SSSR count). The summed E-state index contributed by atoms with van der Waals surface area (Å²) in [4.78, 5) is 25.1. The van der Waals surface area contributed by atoms with E-state index >= 15 is 0 Å². The smallest absolute Gasteiger partial charge is 0.347 e. The number of amides is 1. The van der Waals surface area contributed by atoms with Gasteiger partial charge in [-0.2, -0.15) is 4.39 Å². The highest BCUT2D eigenvalue weighted by Crippen LogP contribution is 2.55. The third-order valence-corrected chi connectivity index (χ3v) is 8.59. The van der Waals surface area contributed by atoms with Crippen molar-refractivity contribution in [2.75, 3.05) is 48.0 Å². The molecular weight excluding hydrogens is 636 g/mol. The SMILES string of the molecule is COc1cc([C@@H]2c3cc4c(cc3[C@@H](NC(=O)CF)[C@H]3COC(=O)[C@H]23)OCO4)cc(OC)c1OC.OC[C@H]1O[C@@](O)(F)[C@H](O)[C@@H](O)[C@H]1O. The number of nitrogens with one attached hydrogen (secondary N) is 1. The highest BCUT2D eigenvalue weighted by Gasteiger charge is 2.54. The summed E-state index contributed by atoms with van der Waals surface area (Å²) in [6, 6.07) is 3.09. The monoisotopic (exact) mass is 671 g/mol. The van der Waals surface area contributed by atoms with Crippen molar-refractivity contribution in [3.63, 3.8) is 0 Å². The van der Waals surface area contributed by atoms with E-state index in [0.29, 0.717) is 34.3 Å². The number of halogens is 2. The van der Waals surface area contributed by atoms with Gasteiger partial charge >= 0.3 is 12.0 Å². The molecule has 1 amide bonds. The number of hydrogen-bond donors (Lipinski definition) is 6. The first-order valence-electron chi connectivity index (χ1n) is 14.4. The molecule has 2 aromatic carbocycles. The molecule has 0 bridgehead atoms. The van der Waals surface area contributed by atoms with Crippen LogP contribution in [-0.2, 0) is 19.1 Å². The zero-order chi connectivity index (χ0) is 34.2. The summed E-state index contributed by atoms with van der Waals surface area (Å²) in [5.41, 5.74) is 2.19. The molecule has 0 aromatic heterocycles. The van der Waals surface area contributed by atoms with Gasteiger partial charge in [0.15, 0.2) is 35.8 Å². The predicted molar refractivity (Wildman–Crippen MR) is 151 cm³/mol. The lowest BCUT2D eigenvalue weighted by molar-refractivity contribution is -0.403. The van der Waals surface area contributed by atoms with Crippen LogP contribution in [0.15, 0.2) is 24.3 Å². The minimum Gasteiger partial charge on any atom is -0.493 e. The molecule has 0 spiro atoms. The van der Waals surface area contributed by atoms with E-state index in [4.69, 9.17) is 54.0 Å². The Balaban J connectivity index is 0.000000281. The van der Waals surface area contributed by atoms with Crippen LogP contribution in [0.2, 0.25) is 0 Å². The van der Waals surface area contributed by atoms with Crippen molar-refractivity contribution in [3.8, 4) is 28.7 Å². The Morgan fingerprint density at radius 1 is 0.979 bits per heavy atom. The number of aliphatic hydroxyl groups excluding tert-OH is 4. The van der Waals surface area contributed by atoms with Crippen molar-refractivity contribution in [2.45, 2.75) is 42.4 Å². The highest BCUT2D eigenvalue weighted by atomic mass is 19.2. The van der Waals surface area contributed by atoms with Gasteiger partial charge in [0.2, 0.25) is 12.5 Å². The Bertz CT molecular complexity index is 1460. The second-order valence-corrected chi connectivity index (χ2v) is 11.1. The van der Waals surface area contributed by atoms with Crippen LogP contribution in [0.25, 0.3) is 0 Å². The normalized spacial score (nSPS) is 31.8. The fraction of sp³-hybridized carbons (Fsp3) is 0.533. The van der Waals surface area contributed by atoms with Crippen LogP contribution < -0.4 is 29.0 Å². The third kappa shape index (κ3) is 6.21. The van der Waals surface area contributed by atoms with Gasteiger partial charge in [-0.25, -0.2) is 4.39 Å². The number of ether oxygens (including phenoxy) is 7. The number of cyclic esters (lactones) is 1. The maximum absolute atomic E-state index is 13.1. The largest absolute Gasteiger partial charge is 0.493 e. The van der Waals surface area contributed by atoms with Crippen molar-refractivity contribution >= 4 is 11.9 Å².